The molecule has 0 bridgehead atoms. The summed E-state index contributed by atoms with van der Waals surface area (Å²) in [5, 5.41) is -0.322. The van der Waals surface area contributed by atoms with Crippen molar-refractivity contribution in [2.75, 3.05) is 0 Å². The van der Waals surface area contributed by atoms with Crippen LogP contribution in [0.15, 0.2) is 42.5 Å². The lowest BCUT2D eigenvalue weighted by Gasteiger charge is -2.29. The van der Waals surface area contributed by atoms with Gasteiger partial charge in [-0.15, -0.1) is 0 Å². The zero-order valence-corrected chi connectivity index (χ0v) is 17.0. The van der Waals surface area contributed by atoms with Crippen molar-refractivity contribution >= 4 is 35.2 Å². The van der Waals surface area contributed by atoms with E-state index < -0.39 is 58.5 Å². The van der Waals surface area contributed by atoms with Gasteiger partial charge in [0.15, 0.2) is 2.82 Å². The van der Waals surface area contributed by atoms with Gasteiger partial charge in [-0.1, -0.05) is 35.9 Å². The van der Waals surface area contributed by atoms with Gasteiger partial charge in [0.1, 0.15) is 6.02 Å². The Morgan fingerprint density at radius 1 is 1.31 bits per heavy atom. The molecule has 7 nitrogen and oxygen atoms in total. The van der Waals surface area contributed by atoms with Gasteiger partial charge in [0.25, 0.3) is 11.8 Å². The number of alkyl halides is 2. The van der Waals surface area contributed by atoms with Crippen LogP contribution < -0.4 is 10.6 Å². The molecule has 0 spiro atoms. The van der Waals surface area contributed by atoms with Crippen molar-refractivity contribution < 1.29 is 34.9 Å². The SMILES string of the molecule is [2H]N1C(=O)CCC([2H])(N2Cc3cc(C([2H])([2H])N([2H])C(=O)C(F)(F)c4ccc(Cl)cc4)ccc3C2=O)C1=O. The van der Waals surface area contributed by atoms with E-state index in [0.717, 1.165) is 47.4 Å². The first-order chi connectivity index (χ1) is 17.1. The molecular formula is C22H18ClF2N3O4. The van der Waals surface area contributed by atoms with Crippen LogP contribution in [0.2, 0.25) is 7.85 Å². The monoisotopic (exact) mass is 466 g/mol. The summed E-state index contributed by atoms with van der Waals surface area (Å²) in [5.41, 5.74) is -1.08. The number of imide groups is 1. The second-order valence-corrected chi connectivity index (χ2v) is 7.57. The topological polar surface area (TPSA) is 95.6 Å². The molecule has 2 aliphatic rings. The minimum absolute atomic E-state index is 0.0123. The highest BCUT2D eigenvalue weighted by atomic mass is 35.5. The van der Waals surface area contributed by atoms with E-state index in [4.69, 9.17) is 18.5 Å². The lowest BCUT2D eigenvalue weighted by atomic mass is 10.0. The Morgan fingerprint density at radius 3 is 2.75 bits per heavy atom. The van der Waals surface area contributed by atoms with Gasteiger partial charge < -0.3 is 10.2 Å². The number of rotatable bonds is 5. The summed E-state index contributed by atoms with van der Waals surface area (Å²) in [6.07, 6.45) is -0.660. The highest BCUT2D eigenvalue weighted by molar-refractivity contribution is 6.30. The second kappa shape index (κ2) is 8.31. The zero-order valence-electron chi connectivity index (χ0n) is 21.3. The van der Waals surface area contributed by atoms with Crippen molar-refractivity contribution in [3.63, 3.8) is 0 Å². The number of fused-ring (bicyclic) bond motifs is 1. The minimum atomic E-state index is -4.25. The van der Waals surface area contributed by atoms with Crippen LogP contribution in [-0.2, 0) is 33.3 Å². The molecule has 1 atom stereocenters. The second-order valence-electron chi connectivity index (χ2n) is 7.13. The summed E-state index contributed by atoms with van der Waals surface area (Å²) in [6, 6.07) is 5.02. The molecule has 0 aliphatic carbocycles. The molecule has 2 N–H and O–H groups in total. The fourth-order valence-corrected chi connectivity index (χ4v) is 3.52. The number of nitrogens with zero attached hydrogens (tertiary/aromatic N) is 1. The van der Waals surface area contributed by atoms with Crippen LogP contribution in [0.25, 0.3) is 0 Å². The quantitative estimate of drug-likeness (QED) is 0.662. The van der Waals surface area contributed by atoms with E-state index >= 15 is 0 Å². The molecule has 0 saturated carbocycles. The molecule has 1 saturated heterocycles. The van der Waals surface area contributed by atoms with Gasteiger partial charge in [-0.2, -0.15) is 8.78 Å². The third-order valence-corrected chi connectivity index (χ3v) is 5.30. The maximum absolute atomic E-state index is 14.8. The number of carbonyl (C=O) groups excluding carboxylic acids is 4. The predicted octanol–water partition coefficient (Wildman–Crippen LogP) is 2.51. The number of hydrogen-bond acceptors (Lipinski definition) is 4. The van der Waals surface area contributed by atoms with Crippen LogP contribution in [0.1, 0.15) is 44.0 Å². The molecule has 166 valence electrons. The van der Waals surface area contributed by atoms with Gasteiger partial charge in [0, 0.05) is 35.6 Å². The number of carbonyl (C=O) groups is 4. The molecule has 32 heavy (non-hydrogen) atoms. The van der Waals surface area contributed by atoms with E-state index in [1.165, 1.54) is 0 Å². The molecule has 1 fully saturated rings. The Morgan fingerprint density at radius 2 is 2.03 bits per heavy atom. The molecule has 2 heterocycles. The molecule has 4 amide bonds. The average Bonchev–Trinajstić information content (AvgIpc) is 3.20. The molecule has 1 unspecified atom stereocenters. The molecule has 2 aromatic rings. The van der Waals surface area contributed by atoms with Crippen molar-refractivity contribution in [1.29, 1.82) is 0 Å². The smallest absolute Gasteiger partial charge is 0.346 e. The molecule has 2 aromatic carbocycles. The van der Waals surface area contributed by atoms with E-state index in [1.54, 1.807) is 0 Å². The normalized spacial score (nSPS) is 23.7. The van der Waals surface area contributed by atoms with E-state index in [2.05, 4.69) is 0 Å². The van der Waals surface area contributed by atoms with Crippen LogP contribution in [0.3, 0.4) is 0 Å². The summed E-state index contributed by atoms with van der Waals surface area (Å²) < 4.78 is 70.0. The zero-order chi connectivity index (χ0) is 27.5. The van der Waals surface area contributed by atoms with Crippen molar-refractivity contribution in [3.05, 3.63) is 69.7 Å². The van der Waals surface area contributed by atoms with Crippen molar-refractivity contribution in [2.24, 2.45) is 0 Å². The number of nitrogens with one attached hydrogen (secondary N) is 2. The molecule has 2 aliphatic heterocycles. The van der Waals surface area contributed by atoms with Gasteiger partial charge in [-0.3, -0.25) is 24.5 Å². The van der Waals surface area contributed by atoms with Crippen LogP contribution in [0, 0.1) is 0 Å². The Labute approximate surface area is 193 Å². The van der Waals surface area contributed by atoms with Crippen molar-refractivity contribution in [1.82, 2.24) is 15.5 Å². The first-order valence-corrected chi connectivity index (χ1v) is 9.79. The van der Waals surface area contributed by atoms with E-state index in [0.29, 0.717) is 0 Å². The van der Waals surface area contributed by atoms with Crippen LogP contribution in [0.5, 0.6) is 0 Å². The van der Waals surface area contributed by atoms with E-state index in [-0.39, 0.29) is 40.8 Å². The molecule has 10 heteroatoms. The molecule has 0 radical (unpaired) electrons. The third-order valence-electron chi connectivity index (χ3n) is 5.05. The van der Waals surface area contributed by atoms with Gasteiger partial charge in [-0.25, -0.2) is 0 Å². The Balaban J connectivity index is 1.61. The third kappa shape index (κ3) is 4.08. The van der Waals surface area contributed by atoms with E-state index in [1.807, 2.05) is 0 Å². The summed E-state index contributed by atoms with van der Waals surface area (Å²) in [5.74, 6) is -9.20. The van der Waals surface area contributed by atoms with Gasteiger partial charge in [0.2, 0.25) is 11.8 Å². The summed E-state index contributed by atoms with van der Waals surface area (Å²) in [4.78, 5) is 50.4. The Hall–Kier alpha value is -3.33. The summed E-state index contributed by atoms with van der Waals surface area (Å²) in [6.45, 7) is -3.44. The molecule has 4 rings (SSSR count). The predicted molar refractivity (Wildman–Crippen MR) is 110 cm³/mol. The largest absolute Gasteiger partial charge is 0.349 e. The van der Waals surface area contributed by atoms with Crippen LogP contribution >= 0.6 is 11.6 Å². The number of amides is 4. The maximum atomic E-state index is 14.8. The molecular weight excluding hydrogens is 444 g/mol. The van der Waals surface area contributed by atoms with Gasteiger partial charge in [-0.05, 0) is 35.7 Å². The fraction of sp³-hybridized carbons (Fsp3) is 0.273. The minimum Gasteiger partial charge on any atom is -0.346 e. The number of piperidine rings is 1. The first-order valence-electron chi connectivity index (χ1n) is 11.8. The maximum Gasteiger partial charge on any atom is 0.349 e. The number of hydrogen-bond donors (Lipinski definition) is 2. The van der Waals surface area contributed by atoms with Crippen molar-refractivity contribution in [3.8, 4) is 0 Å². The van der Waals surface area contributed by atoms with Gasteiger partial charge in [0.05, 0.1) is 4.11 Å². The summed E-state index contributed by atoms with van der Waals surface area (Å²) in [7, 11) is 0. The lowest BCUT2D eigenvalue weighted by Crippen LogP contribution is -2.52. The molecule has 0 aromatic heterocycles. The van der Waals surface area contributed by atoms with Crippen molar-refractivity contribution in [2.45, 2.75) is 37.8 Å². The van der Waals surface area contributed by atoms with Crippen LogP contribution in [0.4, 0.5) is 8.78 Å². The lowest BCUT2D eigenvalue weighted by molar-refractivity contribution is -0.147. The van der Waals surface area contributed by atoms with E-state index in [9.17, 15) is 28.0 Å². The highest BCUT2D eigenvalue weighted by Crippen LogP contribution is 2.30. The first kappa shape index (κ1) is 16.3. The number of halogens is 3. The summed E-state index contributed by atoms with van der Waals surface area (Å²) >= 11 is 5.68. The average molecular weight is 467 g/mol. The standard InChI is InChI=1S/C22H18ClF2N3O4/c23-15-4-2-14(3-5-15)22(24,25)21(32)26-10-12-1-6-16-13(9-12)11-28(20(16)31)17-7-8-18(29)27-19(17)30/h1-6,9,17H,7-8,10-11H2,(H,26,32)(H,27,29,30)/i10D2,17D/hD2. The van der Waals surface area contributed by atoms with Crippen LogP contribution in [-0.4, -0.2) is 34.5 Å². The Bertz CT molecular complexity index is 1330. The fourth-order valence-electron chi connectivity index (χ4n) is 3.39. The van der Waals surface area contributed by atoms with Gasteiger partial charge >= 0.3 is 5.92 Å². The number of benzene rings is 2. The highest BCUT2D eigenvalue weighted by Gasteiger charge is 2.41. The Kier molecular flexibility index (Phi) is 4.24.